The van der Waals surface area contributed by atoms with Gasteiger partial charge in [-0.1, -0.05) is 0 Å². The summed E-state index contributed by atoms with van der Waals surface area (Å²) in [5.41, 5.74) is -0.534. The first-order valence-corrected chi connectivity index (χ1v) is 4.16. The molecule has 0 aliphatic heterocycles. The highest BCUT2D eigenvalue weighted by atomic mass is 16.2. The summed E-state index contributed by atoms with van der Waals surface area (Å²) in [6, 6.07) is 1.91. The van der Waals surface area contributed by atoms with Gasteiger partial charge in [-0.3, -0.25) is 14.3 Å². The van der Waals surface area contributed by atoms with Crippen LogP contribution in [0.15, 0.2) is 15.9 Å². The van der Waals surface area contributed by atoms with Crippen molar-refractivity contribution in [1.82, 2.24) is 19.1 Å². The van der Waals surface area contributed by atoms with E-state index in [0.717, 1.165) is 0 Å². The van der Waals surface area contributed by atoms with Crippen molar-refractivity contribution in [2.24, 2.45) is 7.05 Å². The first kappa shape index (κ1) is 9.21. The van der Waals surface area contributed by atoms with Crippen molar-refractivity contribution in [1.29, 1.82) is 5.26 Å². The van der Waals surface area contributed by atoms with Crippen LogP contribution in [0, 0.1) is 11.3 Å². The standard InChI is InChI=1S/C8H7N5O2/c1-12-6-5(7(14)11-8(12)15)13(3-2-9)4-10-6/h4H,3H2,1H3,(H,11,14,15). The van der Waals surface area contributed by atoms with E-state index in [1.54, 1.807) is 0 Å². The van der Waals surface area contributed by atoms with E-state index in [0.29, 0.717) is 0 Å². The molecule has 0 spiro atoms. The normalized spacial score (nSPS) is 10.4. The van der Waals surface area contributed by atoms with Gasteiger partial charge in [0.25, 0.3) is 5.56 Å². The summed E-state index contributed by atoms with van der Waals surface area (Å²) in [6.07, 6.45) is 1.36. The van der Waals surface area contributed by atoms with Crippen LogP contribution in [0.5, 0.6) is 0 Å². The number of aryl methyl sites for hydroxylation is 1. The molecule has 76 valence electrons. The molecule has 2 aromatic heterocycles. The number of nitriles is 1. The van der Waals surface area contributed by atoms with E-state index in [-0.39, 0.29) is 17.7 Å². The van der Waals surface area contributed by atoms with Gasteiger partial charge >= 0.3 is 5.69 Å². The molecule has 1 N–H and O–H groups in total. The van der Waals surface area contributed by atoms with Crippen LogP contribution in [-0.2, 0) is 13.6 Å². The topological polar surface area (TPSA) is 96.5 Å². The van der Waals surface area contributed by atoms with Gasteiger partial charge < -0.3 is 4.57 Å². The molecule has 7 heteroatoms. The zero-order chi connectivity index (χ0) is 11.0. The second-order valence-electron chi connectivity index (χ2n) is 3.02. The van der Waals surface area contributed by atoms with Gasteiger partial charge in [-0.05, 0) is 0 Å². The Morgan fingerprint density at radius 1 is 1.60 bits per heavy atom. The van der Waals surface area contributed by atoms with Gasteiger partial charge in [0.05, 0.1) is 12.4 Å². The van der Waals surface area contributed by atoms with Crippen molar-refractivity contribution < 1.29 is 0 Å². The van der Waals surface area contributed by atoms with Crippen molar-refractivity contribution in [3.05, 3.63) is 27.2 Å². The zero-order valence-corrected chi connectivity index (χ0v) is 7.89. The predicted molar refractivity (Wildman–Crippen MR) is 51.2 cm³/mol. The lowest BCUT2D eigenvalue weighted by Gasteiger charge is -1.98. The molecule has 0 aromatic carbocycles. The summed E-state index contributed by atoms with van der Waals surface area (Å²) in [6.45, 7) is 0.0256. The highest BCUT2D eigenvalue weighted by molar-refractivity contribution is 5.69. The number of fused-ring (bicyclic) bond motifs is 1. The maximum atomic E-state index is 11.5. The van der Waals surface area contributed by atoms with E-state index in [1.165, 1.54) is 22.5 Å². The average molecular weight is 205 g/mol. The van der Waals surface area contributed by atoms with Crippen LogP contribution in [-0.4, -0.2) is 19.1 Å². The SMILES string of the molecule is Cn1c(=O)[nH]c(=O)c2c1ncn2CC#N. The van der Waals surface area contributed by atoms with Crippen LogP contribution >= 0.6 is 0 Å². The summed E-state index contributed by atoms with van der Waals surface area (Å²) in [5.74, 6) is 0. The molecule has 2 aromatic rings. The fourth-order valence-corrected chi connectivity index (χ4v) is 1.38. The highest BCUT2D eigenvalue weighted by Gasteiger charge is 2.10. The number of aromatic nitrogens is 4. The van der Waals surface area contributed by atoms with Crippen LogP contribution in [0.2, 0.25) is 0 Å². The molecule has 0 aliphatic rings. The molecule has 0 radical (unpaired) electrons. The van der Waals surface area contributed by atoms with Crippen LogP contribution < -0.4 is 11.2 Å². The lowest BCUT2D eigenvalue weighted by Crippen LogP contribution is -2.29. The Balaban J connectivity index is 2.95. The Hall–Kier alpha value is -2.36. The number of aromatic amines is 1. The molecule has 0 saturated heterocycles. The lowest BCUT2D eigenvalue weighted by molar-refractivity contribution is 0.821. The summed E-state index contributed by atoms with van der Waals surface area (Å²) in [7, 11) is 1.50. The number of nitrogens with zero attached hydrogens (tertiary/aromatic N) is 4. The minimum Gasteiger partial charge on any atom is -0.311 e. The fraction of sp³-hybridized carbons (Fsp3) is 0.250. The van der Waals surface area contributed by atoms with Crippen molar-refractivity contribution in [3.8, 4) is 6.07 Å². The minimum atomic E-state index is -0.527. The Labute approximate surface area is 83.2 Å². The molecule has 0 fully saturated rings. The van der Waals surface area contributed by atoms with Gasteiger partial charge in [-0.15, -0.1) is 0 Å². The van der Waals surface area contributed by atoms with E-state index in [1.807, 2.05) is 6.07 Å². The Morgan fingerprint density at radius 3 is 3.00 bits per heavy atom. The first-order chi connectivity index (χ1) is 7.15. The average Bonchev–Trinajstić information content (AvgIpc) is 2.59. The maximum Gasteiger partial charge on any atom is 0.329 e. The summed E-state index contributed by atoms with van der Waals surface area (Å²) in [5, 5.41) is 8.53. The Kier molecular flexibility index (Phi) is 1.90. The summed E-state index contributed by atoms with van der Waals surface area (Å²) >= 11 is 0. The maximum absolute atomic E-state index is 11.5. The molecule has 0 unspecified atom stereocenters. The number of hydrogen-bond donors (Lipinski definition) is 1. The lowest BCUT2D eigenvalue weighted by atomic mass is 10.5. The molecule has 15 heavy (non-hydrogen) atoms. The van der Waals surface area contributed by atoms with E-state index in [9.17, 15) is 9.59 Å². The van der Waals surface area contributed by atoms with Crippen LogP contribution in [0.4, 0.5) is 0 Å². The van der Waals surface area contributed by atoms with Crippen molar-refractivity contribution in [2.75, 3.05) is 0 Å². The van der Waals surface area contributed by atoms with E-state index in [4.69, 9.17) is 5.26 Å². The van der Waals surface area contributed by atoms with E-state index < -0.39 is 11.2 Å². The smallest absolute Gasteiger partial charge is 0.311 e. The fourth-order valence-electron chi connectivity index (χ4n) is 1.38. The number of nitrogens with one attached hydrogen (secondary N) is 1. The number of rotatable bonds is 1. The second-order valence-corrected chi connectivity index (χ2v) is 3.02. The van der Waals surface area contributed by atoms with E-state index in [2.05, 4.69) is 9.97 Å². The number of hydrogen-bond acceptors (Lipinski definition) is 4. The van der Waals surface area contributed by atoms with Gasteiger partial charge in [0, 0.05) is 7.05 Å². The van der Waals surface area contributed by atoms with E-state index >= 15 is 0 Å². The third-order valence-electron chi connectivity index (χ3n) is 2.12. The Bertz CT molecular complexity index is 669. The van der Waals surface area contributed by atoms with Crippen LogP contribution in [0.25, 0.3) is 11.2 Å². The Morgan fingerprint density at radius 2 is 2.33 bits per heavy atom. The van der Waals surface area contributed by atoms with Gasteiger partial charge in [0.15, 0.2) is 11.2 Å². The van der Waals surface area contributed by atoms with Crippen LogP contribution in [0.3, 0.4) is 0 Å². The summed E-state index contributed by atoms with van der Waals surface area (Å²) < 4.78 is 2.62. The van der Waals surface area contributed by atoms with Gasteiger partial charge in [-0.25, -0.2) is 9.78 Å². The quantitative estimate of drug-likeness (QED) is 0.642. The molecule has 2 rings (SSSR count). The first-order valence-electron chi connectivity index (χ1n) is 4.16. The number of H-pyrrole nitrogens is 1. The molecule has 0 aliphatic carbocycles. The second kappa shape index (κ2) is 3.09. The van der Waals surface area contributed by atoms with Crippen LogP contribution in [0.1, 0.15) is 0 Å². The molecular weight excluding hydrogens is 198 g/mol. The van der Waals surface area contributed by atoms with Crippen molar-refractivity contribution >= 4 is 11.2 Å². The summed E-state index contributed by atoms with van der Waals surface area (Å²) in [4.78, 5) is 28.7. The largest absolute Gasteiger partial charge is 0.329 e. The molecule has 7 nitrogen and oxygen atoms in total. The molecular formula is C8H7N5O2. The van der Waals surface area contributed by atoms with Gasteiger partial charge in [0.1, 0.15) is 6.54 Å². The molecule has 0 bridgehead atoms. The van der Waals surface area contributed by atoms with Crippen molar-refractivity contribution in [3.63, 3.8) is 0 Å². The molecule has 0 amide bonds. The van der Waals surface area contributed by atoms with Gasteiger partial charge in [-0.2, -0.15) is 5.26 Å². The number of imidazole rings is 1. The third-order valence-corrected chi connectivity index (χ3v) is 2.12. The minimum absolute atomic E-state index is 0.0256. The van der Waals surface area contributed by atoms with Crippen molar-refractivity contribution in [2.45, 2.75) is 6.54 Å². The van der Waals surface area contributed by atoms with Gasteiger partial charge in [0.2, 0.25) is 0 Å². The highest BCUT2D eigenvalue weighted by Crippen LogP contribution is 2.03. The third kappa shape index (κ3) is 1.23. The predicted octanol–water partition coefficient (Wildman–Crippen LogP) is -1.05. The zero-order valence-electron chi connectivity index (χ0n) is 7.89. The molecule has 0 atom stereocenters. The molecule has 2 heterocycles. The molecule has 0 saturated carbocycles. The monoisotopic (exact) mass is 205 g/mol.